The molecule has 0 aromatic heterocycles. The predicted molar refractivity (Wildman–Crippen MR) is 116 cm³/mol. The van der Waals surface area contributed by atoms with Gasteiger partial charge in [-0.3, -0.25) is 9.59 Å². The maximum absolute atomic E-state index is 13.0. The lowest BCUT2D eigenvalue weighted by atomic mass is 10.0. The number of hydrogen-bond donors (Lipinski definition) is 2. The van der Waals surface area contributed by atoms with Crippen LogP contribution in [-0.2, 0) is 9.59 Å². The summed E-state index contributed by atoms with van der Waals surface area (Å²) in [6.07, 6.45) is 4.02. The summed E-state index contributed by atoms with van der Waals surface area (Å²) in [6, 6.07) is 12.8. The van der Waals surface area contributed by atoms with Crippen LogP contribution in [0.25, 0.3) is 0 Å². The molecule has 0 saturated carbocycles. The number of nitrogens with one attached hydrogen (secondary N) is 2. The molecule has 2 aliphatic rings. The fourth-order valence-electron chi connectivity index (χ4n) is 3.91. The zero-order valence-corrected chi connectivity index (χ0v) is 17.8. The van der Waals surface area contributed by atoms with Gasteiger partial charge >= 0.3 is 0 Å². The molecule has 8 nitrogen and oxygen atoms in total. The van der Waals surface area contributed by atoms with Crippen LogP contribution in [0.2, 0.25) is 0 Å². The molecule has 2 N–H and O–H groups in total. The average molecular weight is 422 g/mol. The number of methoxy groups -OCH3 is 2. The van der Waals surface area contributed by atoms with Gasteiger partial charge in [0.05, 0.1) is 20.3 Å². The van der Waals surface area contributed by atoms with E-state index in [1.54, 1.807) is 31.6 Å². The Kier molecular flexibility index (Phi) is 5.81. The summed E-state index contributed by atoms with van der Waals surface area (Å²) in [7, 11) is 3.19. The minimum atomic E-state index is -0.380. The van der Waals surface area contributed by atoms with E-state index in [0.717, 1.165) is 16.8 Å². The molecule has 31 heavy (non-hydrogen) atoms. The van der Waals surface area contributed by atoms with Crippen LogP contribution < -0.4 is 20.2 Å². The molecule has 2 heterocycles. The van der Waals surface area contributed by atoms with Gasteiger partial charge in [0.2, 0.25) is 5.91 Å². The van der Waals surface area contributed by atoms with Crippen molar-refractivity contribution in [3.05, 3.63) is 66.0 Å². The van der Waals surface area contributed by atoms with Crippen molar-refractivity contribution < 1.29 is 19.1 Å². The van der Waals surface area contributed by atoms with E-state index >= 15 is 0 Å². The van der Waals surface area contributed by atoms with Gasteiger partial charge in [0.25, 0.3) is 5.91 Å². The third kappa shape index (κ3) is 4.20. The number of carbonyl (C=O) groups is 2. The third-order valence-electron chi connectivity index (χ3n) is 5.62. The van der Waals surface area contributed by atoms with Crippen molar-refractivity contribution in [1.82, 2.24) is 15.3 Å². The smallest absolute Gasteiger partial charge is 0.251 e. The standard InChI is InChI=1S/C23H26N4O4/c1-15-6-4-5-7-17(15)24-22(28)14-26-10-11-27-19(23(26)29)13-18(25-27)16-8-9-20(30-2)21(12-16)31-3/h4-12,18-19,25H,13-14H2,1-3H3,(H,24,28). The summed E-state index contributed by atoms with van der Waals surface area (Å²) in [5.74, 6) is 0.952. The van der Waals surface area contributed by atoms with E-state index in [1.165, 1.54) is 4.90 Å². The van der Waals surface area contributed by atoms with Crippen LogP contribution in [0.15, 0.2) is 54.9 Å². The van der Waals surface area contributed by atoms with Crippen molar-refractivity contribution in [3.8, 4) is 11.5 Å². The summed E-state index contributed by atoms with van der Waals surface area (Å²) >= 11 is 0. The van der Waals surface area contributed by atoms with Crippen molar-refractivity contribution in [1.29, 1.82) is 0 Å². The summed E-state index contributed by atoms with van der Waals surface area (Å²) in [4.78, 5) is 27.0. The van der Waals surface area contributed by atoms with Crippen LogP contribution in [0, 0.1) is 6.92 Å². The second-order valence-corrected chi connectivity index (χ2v) is 7.58. The zero-order valence-electron chi connectivity index (χ0n) is 17.8. The van der Waals surface area contributed by atoms with Gasteiger partial charge in [0.15, 0.2) is 11.5 Å². The molecule has 0 bridgehead atoms. The molecule has 0 spiro atoms. The topological polar surface area (TPSA) is 83.1 Å². The van der Waals surface area contributed by atoms with E-state index in [4.69, 9.17) is 9.47 Å². The first-order valence-corrected chi connectivity index (χ1v) is 10.1. The number of para-hydroxylation sites is 1. The quantitative estimate of drug-likeness (QED) is 0.745. The van der Waals surface area contributed by atoms with E-state index in [-0.39, 0.29) is 30.4 Å². The van der Waals surface area contributed by atoms with E-state index in [0.29, 0.717) is 17.9 Å². The fourth-order valence-corrected chi connectivity index (χ4v) is 3.91. The Balaban J connectivity index is 1.42. The number of benzene rings is 2. The molecule has 162 valence electrons. The Bertz CT molecular complexity index is 1020. The first-order valence-electron chi connectivity index (χ1n) is 10.1. The lowest BCUT2D eigenvalue weighted by molar-refractivity contribution is -0.137. The molecule has 1 saturated heterocycles. The van der Waals surface area contributed by atoms with Gasteiger partial charge in [-0.05, 0) is 42.7 Å². The maximum Gasteiger partial charge on any atom is 0.251 e. The molecule has 2 aromatic rings. The Labute approximate surface area is 181 Å². The van der Waals surface area contributed by atoms with Crippen LogP contribution in [0.1, 0.15) is 23.6 Å². The van der Waals surface area contributed by atoms with E-state index < -0.39 is 0 Å². The lowest BCUT2D eigenvalue weighted by Crippen LogP contribution is -2.49. The SMILES string of the molecule is COc1ccc(C2CC3C(=O)N(CC(=O)Nc4ccccc4C)C=CN3N2)cc1OC. The molecule has 2 unspecified atom stereocenters. The van der Waals surface area contributed by atoms with Gasteiger partial charge in [-0.25, -0.2) is 5.43 Å². The van der Waals surface area contributed by atoms with E-state index in [2.05, 4.69) is 10.7 Å². The molecule has 0 radical (unpaired) electrons. The molecule has 2 aromatic carbocycles. The van der Waals surface area contributed by atoms with Crippen molar-refractivity contribution in [2.45, 2.75) is 25.4 Å². The second-order valence-electron chi connectivity index (χ2n) is 7.58. The molecule has 4 rings (SSSR count). The van der Waals surface area contributed by atoms with Crippen molar-refractivity contribution >= 4 is 17.5 Å². The van der Waals surface area contributed by atoms with Crippen LogP contribution in [0.3, 0.4) is 0 Å². The van der Waals surface area contributed by atoms with Crippen molar-refractivity contribution in [3.63, 3.8) is 0 Å². The van der Waals surface area contributed by atoms with Gasteiger partial charge < -0.3 is 24.7 Å². The Hall–Kier alpha value is -3.52. The molecular weight excluding hydrogens is 396 g/mol. The average Bonchev–Trinajstić information content (AvgIpc) is 3.22. The molecule has 1 fully saturated rings. The largest absolute Gasteiger partial charge is 0.493 e. The van der Waals surface area contributed by atoms with Gasteiger partial charge in [0.1, 0.15) is 12.6 Å². The molecule has 0 aliphatic carbocycles. The highest BCUT2D eigenvalue weighted by Crippen LogP contribution is 2.35. The molecule has 8 heteroatoms. The molecule has 2 aliphatic heterocycles. The van der Waals surface area contributed by atoms with Crippen molar-refractivity contribution in [2.24, 2.45) is 0 Å². The second kappa shape index (κ2) is 8.69. The first kappa shape index (κ1) is 20.7. The zero-order chi connectivity index (χ0) is 22.0. The normalized spacial score (nSPS) is 19.9. The van der Waals surface area contributed by atoms with Gasteiger partial charge in [-0.1, -0.05) is 24.3 Å². The first-order chi connectivity index (χ1) is 15.0. The monoisotopic (exact) mass is 422 g/mol. The van der Waals surface area contributed by atoms with Crippen molar-refractivity contribution in [2.75, 3.05) is 26.1 Å². The van der Waals surface area contributed by atoms with Crippen LogP contribution in [0.5, 0.6) is 11.5 Å². The number of aryl methyl sites for hydroxylation is 1. The van der Waals surface area contributed by atoms with Gasteiger partial charge in [0, 0.05) is 18.1 Å². The fraction of sp³-hybridized carbons (Fsp3) is 0.304. The minimum absolute atomic E-state index is 0.0327. The number of carbonyl (C=O) groups excluding carboxylic acids is 2. The summed E-state index contributed by atoms with van der Waals surface area (Å²) < 4.78 is 10.7. The van der Waals surface area contributed by atoms with Gasteiger partial charge in [-0.15, -0.1) is 0 Å². The number of rotatable bonds is 6. The number of anilines is 1. The maximum atomic E-state index is 13.0. The third-order valence-corrected chi connectivity index (χ3v) is 5.62. The number of amides is 2. The Morgan fingerprint density at radius 1 is 1.13 bits per heavy atom. The number of fused-ring (bicyclic) bond motifs is 1. The predicted octanol–water partition coefficient (Wildman–Crippen LogP) is 2.58. The van der Waals surface area contributed by atoms with Crippen LogP contribution in [-0.4, -0.2) is 48.5 Å². The Morgan fingerprint density at radius 2 is 1.90 bits per heavy atom. The highest BCUT2D eigenvalue weighted by Gasteiger charge is 2.40. The molecule has 2 atom stereocenters. The minimum Gasteiger partial charge on any atom is -0.493 e. The number of hydrazine groups is 1. The molecular formula is C23H26N4O4. The van der Waals surface area contributed by atoms with Crippen LogP contribution in [0.4, 0.5) is 5.69 Å². The summed E-state index contributed by atoms with van der Waals surface area (Å²) in [5.41, 5.74) is 6.07. The van der Waals surface area contributed by atoms with Crippen LogP contribution >= 0.6 is 0 Å². The lowest BCUT2D eigenvalue weighted by Gasteiger charge is -2.31. The van der Waals surface area contributed by atoms with E-state index in [9.17, 15) is 9.59 Å². The molecule has 2 amide bonds. The number of hydrogen-bond acceptors (Lipinski definition) is 6. The Morgan fingerprint density at radius 3 is 2.65 bits per heavy atom. The highest BCUT2D eigenvalue weighted by molar-refractivity contribution is 5.96. The number of nitrogens with zero attached hydrogens (tertiary/aromatic N) is 2. The summed E-state index contributed by atoms with van der Waals surface area (Å²) in [6.45, 7) is 1.90. The highest BCUT2D eigenvalue weighted by atomic mass is 16.5. The summed E-state index contributed by atoms with van der Waals surface area (Å²) in [5, 5.41) is 4.68. The van der Waals surface area contributed by atoms with Gasteiger partial charge in [-0.2, -0.15) is 0 Å². The number of ether oxygens (including phenoxy) is 2. The van der Waals surface area contributed by atoms with E-state index in [1.807, 2.05) is 49.4 Å².